The molecule has 0 saturated heterocycles. The van der Waals surface area contributed by atoms with E-state index in [0.29, 0.717) is 16.3 Å². The number of amides is 1. The third-order valence-electron chi connectivity index (χ3n) is 4.86. The van der Waals surface area contributed by atoms with Crippen molar-refractivity contribution >= 4 is 40.6 Å². The van der Waals surface area contributed by atoms with Crippen LogP contribution in [0.15, 0.2) is 54.7 Å². The van der Waals surface area contributed by atoms with E-state index in [9.17, 15) is 18.0 Å². The number of fused-ring (bicyclic) bond motifs is 1. The average molecular weight is 455 g/mol. The lowest BCUT2D eigenvalue weighted by atomic mass is 9.96. The van der Waals surface area contributed by atoms with Crippen LogP contribution in [0.1, 0.15) is 34.4 Å². The van der Waals surface area contributed by atoms with E-state index in [1.165, 1.54) is 12.1 Å². The molecule has 1 aromatic heterocycles. The van der Waals surface area contributed by atoms with Gasteiger partial charge in [0.15, 0.2) is 6.04 Å². The minimum absolute atomic E-state index is 0.00375. The number of anilines is 2. The van der Waals surface area contributed by atoms with Gasteiger partial charge in [0.1, 0.15) is 11.4 Å². The largest absolute Gasteiger partial charge is 0.410 e. The quantitative estimate of drug-likeness (QED) is 0.502. The second kappa shape index (κ2) is 7.85. The summed E-state index contributed by atoms with van der Waals surface area (Å²) in [4.78, 5) is 12.8. The minimum Gasteiger partial charge on any atom is -0.363 e. The van der Waals surface area contributed by atoms with E-state index in [-0.39, 0.29) is 22.8 Å². The smallest absolute Gasteiger partial charge is 0.363 e. The summed E-state index contributed by atoms with van der Waals surface area (Å²) >= 11 is 11.8. The molecule has 30 heavy (non-hydrogen) atoms. The summed E-state index contributed by atoms with van der Waals surface area (Å²) in [5.41, 5.74) is 1.04. The van der Waals surface area contributed by atoms with Gasteiger partial charge in [-0.3, -0.25) is 4.79 Å². The SMILES string of the molecule is O=C(Nc1ccc(Cl)c(Cl)c1)c1cnn2c1N[C@H](c1ccccc1)C[C@@H]2C(F)(F)F. The van der Waals surface area contributed by atoms with Crippen molar-refractivity contribution in [1.82, 2.24) is 9.78 Å². The van der Waals surface area contributed by atoms with Crippen LogP contribution in [0, 0.1) is 0 Å². The van der Waals surface area contributed by atoms with Gasteiger partial charge in [-0.1, -0.05) is 53.5 Å². The van der Waals surface area contributed by atoms with Crippen molar-refractivity contribution in [3.8, 4) is 0 Å². The molecule has 0 radical (unpaired) electrons. The monoisotopic (exact) mass is 454 g/mol. The molecule has 2 heterocycles. The Bertz CT molecular complexity index is 1090. The van der Waals surface area contributed by atoms with E-state index in [1.54, 1.807) is 36.4 Å². The Kier molecular flexibility index (Phi) is 5.38. The molecular weight excluding hydrogens is 440 g/mol. The van der Waals surface area contributed by atoms with Crippen molar-refractivity contribution < 1.29 is 18.0 Å². The zero-order valence-electron chi connectivity index (χ0n) is 15.3. The molecule has 2 atom stereocenters. The Hall–Kier alpha value is -2.71. The zero-order valence-corrected chi connectivity index (χ0v) is 16.8. The van der Waals surface area contributed by atoms with Gasteiger partial charge >= 0.3 is 6.18 Å². The molecule has 0 unspecified atom stereocenters. The molecule has 156 valence electrons. The third-order valence-corrected chi connectivity index (χ3v) is 5.60. The molecule has 0 spiro atoms. The lowest BCUT2D eigenvalue weighted by Crippen LogP contribution is -2.36. The van der Waals surface area contributed by atoms with Crippen molar-refractivity contribution in [3.63, 3.8) is 0 Å². The van der Waals surface area contributed by atoms with Crippen molar-refractivity contribution in [2.24, 2.45) is 0 Å². The van der Waals surface area contributed by atoms with Crippen LogP contribution in [0.2, 0.25) is 10.0 Å². The lowest BCUT2D eigenvalue weighted by Gasteiger charge is -2.34. The van der Waals surface area contributed by atoms with Gasteiger partial charge in [-0.25, -0.2) is 4.68 Å². The van der Waals surface area contributed by atoms with E-state index in [2.05, 4.69) is 15.7 Å². The fourth-order valence-electron chi connectivity index (χ4n) is 3.41. The van der Waals surface area contributed by atoms with Crippen LogP contribution in [-0.2, 0) is 0 Å². The Balaban J connectivity index is 1.68. The molecule has 0 saturated carbocycles. The Labute approximate surface area is 179 Å². The van der Waals surface area contributed by atoms with E-state index < -0.39 is 24.2 Å². The highest BCUT2D eigenvalue weighted by Gasteiger charge is 2.47. The Morgan fingerprint density at radius 3 is 2.53 bits per heavy atom. The van der Waals surface area contributed by atoms with E-state index >= 15 is 0 Å². The van der Waals surface area contributed by atoms with Crippen molar-refractivity contribution in [2.75, 3.05) is 10.6 Å². The predicted octanol–water partition coefficient (Wildman–Crippen LogP) is 6.10. The maximum absolute atomic E-state index is 13.7. The first-order valence-electron chi connectivity index (χ1n) is 8.96. The molecule has 2 aromatic carbocycles. The molecule has 2 N–H and O–H groups in total. The van der Waals surface area contributed by atoms with Gasteiger partial charge in [0.05, 0.1) is 22.3 Å². The molecule has 4 rings (SSSR count). The highest BCUT2D eigenvalue weighted by molar-refractivity contribution is 6.42. The first-order valence-corrected chi connectivity index (χ1v) is 9.71. The van der Waals surface area contributed by atoms with Crippen LogP contribution >= 0.6 is 23.2 Å². The lowest BCUT2D eigenvalue weighted by molar-refractivity contribution is -0.173. The maximum Gasteiger partial charge on any atom is 0.410 e. The number of hydrogen-bond acceptors (Lipinski definition) is 3. The predicted molar refractivity (Wildman–Crippen MR) is 109 cm³/mol. The number of nitrogens with one attached hydrogen (secondary N) is 2. The van der Waals surface area contributed by atoms with E-state index in [0.717, 1.165) is 10.9 Å². The van der Waals surface area contributed by atoms with Crippen LogP contribution in [0.4, 0.5) is 24.7 Å². The number of carbonyl (C=O) groups excluding carboxylic acids is 1. The van der Waals surface area contributed by atoms with Gasteiger partial charge in [-0.05, 0) is 23.8 Å². The minimum atomic E-state index is -4.52. The highest BCUT2D eigenvalue weighted by Crippen LogP contribution is 2.44. The molecule has 0 fully saturated rings. The van der Waals surface area contributed by atoms with Gasteiger partial charge in [-0.15, -0.1) is 0 Å². The average Bonchev–Trinajstić information content (AvgIpc) is 3.14. The summed E-state index contributed by atoms with van der Waals surface area (Å²) in [6.45, 7) is 0. The molecule has 1 amide bonds. The zero-order chi connectivity index (χ0) is 21.5. The van der Waals surface area contributed by atoms with E-state index in [1.807, 2.05) is 0 Å². The highest BCUT2D eigenvalue weighted by atomic mass is 35.5. The van der Waals surface area contributed by atoms with Crippen LogP contribution in [0.5, 0.6) is 0 Å². The number of nitrogens with zero attached hydrogens (tertiary/aromatic N) is 2. The van der Waals surface area contributed by atoms with Crippen molar-refractivity contribution in [3.05, 3.63) is 75.9 Å². The van der Waals surface area contributed by atoms with E-state index in [4.69, 9.17) is 23.2 Å². The third kappa shape index (κ3) is 3.97. The summed E-state index contributed by atoms with van der Waals surface area (Å²) in [7, 11) is 0. The molecule has 3 aromatic rings. The van der Waals surface area contributed by atoms with Crippen molar-refractivity contribution in [2.45, 2.75) is 24.7 Å². The molecule has 1 aliphatic heterocycles. The first-order chi connectivity index (χ1) is 14.2. The number of rotatable bonds is 3. The van der Waals surface area contributed by atoms with Gasteiger partial charge in [0.2, 0.25) is 0 Å². The number of hydrogen-bond donors (Lipinski definition) is 2. The first kappa shape index (κ1) is 20.6. The van der Waals surface area contributed by atoms with Crippen LogP contribution < -0.4 is 10.6 Å². The molecule has 0 aliphatic carbocycles. The summed E-state index contributed by atoms with van der Waals surface area (Å²) in [5, 5.41) is 10.1. The standard InChI is InChI=1S/C20H15Cl2F3N4O/c21-14-7-6-12(8-15(14)22)27-19(30)13-10-26-29-17(20(23,24)25)9-16(28-18(13)29)11-4-2-1-3-5-11/h1-8,10,16-17,28H,9H2,(H,27,30)/t16-,17+/m0/s1. The topological polar surface area (TPSA) is 59.0 Å². The van der Waals surface area contributed by atoms with Crippen LogP contribution in [0.3, 0.4) is 0 Å². The van der Waals surface area contributed by atoms with Gasteiger partial charge in [0.25, 0.3) is 5.91 Å². The summed E-state index contributed by atoms with van der Waals surface area (Å²) in [6.07, 6.45) is -3.63. The van der Waals surface area contributed by atoms with Crippen LogP contribution in [-0.4, -0.2) is 21.9 Å². The fourth-order valence-corrected chi connectivity index (χ4v) is 3.70. The summed E-state index contributed by atoms with van der Waals surface area (Å²) in [6, 6.07) is 10.8. The summed E-state index contributed by atoms with van der Waals surface area (Å²) < 4.78 is 42.0. The number of aromatic nitrogens is 2. The Morgan fingerprint density at radius 1 is 1.13 bits per heavy atom. The van der Waals surface area contributed by atoms with Crippen LogP contribution in [0.25, 0.3) is 0 Å². The molecule has 5 nitrogen and oxygen atoms in total. The Morgan fingerprint density at radius 2 is 1.87 bits per heavy atom. The van der Waals surface area contributed by atoms with Gasteiger partial charge in [0, 0.05) is 12.1 Å². The molecular formula is C20H15Cl2F3N4O. The second-order valence-electron chi connectivity index (χ2n) is 6.84. The summed E-state index contributed by atoms with van der Waals surface area (Å²) in [5.74, 6) is -0.605. The van der Waals surface area contributed by atoms with Gasteiger partial charge < -0.3 is 10.6 Å². The molecule has 10 heteroatoms. The number of halogens is 5. The number of carbonyl (C=O) groups is 1. The number of alkyl halides is 3. The second-order valence-corrected chi connectivity index (χ2v) is 7.65. The number of benzene rings is 2. The van der Waals surface area contributed by atoms with Gasteiger partial charge in [-0.2, -0.15) is 18.3 Å². The molecule has 1 aliphatic rings. The normalized spacial score (nSPS) is 18.4. The fraction of sp³-hybridized carbons (Fsp3) is 0.200. The van der Waals surface area contributed by atoms with Crippen molar-refractivity contribution in [1.29, 1.82) is 0 Å². The molecule has 0 bridgehead atoms. The maximum atomic E-state index is 13.7.